The van der Waals surface area contributed by atoms with Crippen LogP contribution in [0.3, 0.4) is 0 Å². The Morgan fingerprint density at radius 3 is 2.37 bits per heavy atom. The molecule has 0 aliphatic rings. The molecule has 0 fully saturated rings. The molecule has 0 aliphatic carbocycles. The molecular formula is C15H25ClN2O. The van der Waals surface area contributed by atoms with Crippen molar-refractivity contribution in [2.24, 2.45) is 11.7 Å². The van der Waals surface area contributed by atoms with Crippen molar-refractivity contribution in [1.82, 2.24) is 5.32 Å². The van der Waals surface area contributed by atoms with E-state index in [9.17, 15) is 4.79 Å². The summed E-state index contributed by atoms with van der Waals surface area (Å²) in [5.74, 6) is 0.392. The van der Waals surface area contributed by atoms with Gasteiger partial charge >= 0.3 is 0 Å². The number of halogens is 1. The molecule has 108 valence electrons. The van der Waals surface area contributed by atoms with Crippen molar-refractivity contribution in [3.05, 3.63) is 35.9 Å². The van der Waals surface area contributed by atoms with Crippen molar-refractivity contribution in [2.45, 2.75) is 39.2 Å². The number of nitrogens with one attached hydrogen (secondary N) is 1. The molecule has 0 aliphatic heterocycles. The highest BCUT2D eigenvalue weighted by Gasteiger charge is 2.28. The molecule has 1 atom stereocenters. The van der Waals surface area contributed by atoms with Crippen LogP contribution in [0, 0.1) is 5.92 Å². The number of hydrogen-bond donors (Lipinski definition) is 2. The van der Waals surface area contributed by atoms with Gasteiger partial charge in [0, 0.05) is 13.0 Å². The fourth-order valence-electron chi connectivity index (χ4n) is 1.71. The Kier molecular flexibility index (Phi) is 7.72. The van der Waals surface area contributed by atoms with Gasteiger partial charge in [-0.1, -0.05) is 44.2 Å². The third-order valence-corrected chi connectivity index (χ3v) is 3.61. The van der Waals surface area contributed by atoms with Gasteiger partial charge in [-0.3, -0.25) is 4.79 Å². The maximum absolute atomic E-state index is 11.9. The second-order valence-corrected chi connectivity index (χ2v) is 5.31. The van der Waals surface area contributed by atoms with Crippen LogP contribution in [0.4, 0.5) is 0 Å². The van der Waals surface area contributed by atoms with E-state index in [0.717, 1.165) is 6.42 Å². The summed E-state index contributed by atoms with van der Waals surface area (Å²) < 4.78 is 0. The molecule has 1 aromatic rings. The number of hydrogen-bond acceptors (Lipinski definition) is 2. The lowest BCUT2D eigenvalue weighted by Gasteiger charge is -2.33. The van der Waals surface area contributed by atoms with Crippen molar-refractivity contribution in [1.29, 1.82) is 0 Å². The topological polar surface area (TPSA) is 55.1 Å². The van der Waals surface area contributed by atoms with Crippen molar-refractivity contribution >= 4 is 18.3 Å². The molecule has 0 bridgehead atoms. The average Bonchev–Trinajstić information content (AvgIpc) is 2.37. The summed E-state index contributed by atoms with van der Waals surface area (Å²) in [5, 5.41) is 3.05. The van der Waals surface area contributed by atoms with Gasteiger partial charge in [-0.15, -0.1) is 12.4 Å². The molecule has 19 heavy (non-hydrogen) atoms. The second-order valence-electron chi connectivity index (χ2n) is 5.31. The third kappa shape index (κ3) is 5.62. The minimum atomic E-state index is -0.312. The first-order chi connectivity index (χ1) is 8.48. The maximum atomic E-state index is 11.9. The van der Waals surface area contributed by atoms with E-state index in [1.165, 1.54) is 5.56 Å². The van der Waals surface area contributed by atoms with E-state index < -0.39 is 0 Å². The van der Waals surface area contributed by atoms with Crippen molar-refractivity contribution < 1.29 is 4.79 Å². The van der Waals surface area contributed by atoms with Crippen molar-refractivity contribution in [3.8, 4) is 0 Å². The van der Waals surface area contributed by atoms with Crippen LogP contribution >= 0.6 is 12.4 Å². The van der Waals surface area contributed by atoms with Crippen LogP contribution in [0.5, 0.6) is 0 Å². The quantitative estimate of drug-likeness (QED) is 0.843. The molecule has 1 amide bonds. The van der Waals surface area contributed by atoms with E-state index in [4.69, 9.17) is 5.73 Å². The predicted octanol–water partition coefficient (Wildman–Crippen LogP) is 2.53. The van der Waals surface area contributed by atoms with E-state index in [-0.39, 0.29) is 23.9 Å². The van der Waals surface area contributed by atoms with E-state index >= 15 is 0 Å². The summed E-state index contributed by atoms with van der Waals surface area (Å²) in [7, 11) is 0. The standard InChI is InChI=1S/C15H24N2O.ClH/c1-12(2)15(3,11-16)17-14(18)10-9-13-7-5-4-6-8-13;/h4-8,12H,9-11,16H2,1-3H3,(H,17,18);1H. The summed E-state index contributed by atoms with van der Waals surface area (Å²) in [6, 6.07) is 10.0. The van der Waals surface area contributed by atoms with Crippen LogP contribution < -0.4 is 11.1 Å². The molecule has 0 heterocycles. The molecular weight excluding hydrogens is 260 g/mol. The normalized spacial score (nSPS) is 13.5. The molecule has 1 rings (SSSR count). The Balaban J connectivity index is 0.00000324. The molecule has 0 aromatic heterocycles. The number of nitrogens with two attached hydrogens (primary N) is 1. The summed E-state index contributed by atoms with van der Waals surface area (Å²) in [4.78, 5) is 11.9. The van der Waals surface area contributed by atoms with E-state index in [1.54, 1.807) is 0 Å². The lowest BCUT2D eigenvalue weighted by atomic mass is 9.88. The molecule has 0 saturated carbocycles. The van der Waals surface area contributed by atoms with Crippen LogP contribution in [-0.2, 0) is 11.2 Å². The summed E-state index contributed by atoms with van der Waals surface area (Å²) in [6.07, 6.45) is 1.28. The fourth-order valence-corrected chi connectivity index (χ4v) is 1.71. The predicted molar refractivity (Wildman–Crippen MR) is 82.5 cm³/mol. The first-order valence-electron chi connectivity index (χ1n) is 6.53. The molecule has 3 nitrogen and oxygen atoms in total. The Morgan fingerprint density at radius 1 is 1.32 bits per heavy atom. The SMILES string of the molecule is CC(C)C(C)(CN)NC(=O)CCc1ccccc1.Cl. The monoisotopic (exact) mass is 284 g/mol. The van der Waals surface area contributed by atoms with Gasteiger partial charge in [0.05, 0.1) is 5.54 Å². The average molecular weight is 285 g/mol. The van der Waals surface area contributed by atoms with Crippen LogP contribution in [0.2, 0.25) is 0 Å². The Morgan fingerprint density at radius 2 is 1.89 bits per heavy atom. The fraction of sp³-hybridized carbons (Fsp3) is 0.533. The number of rotatable bonds is 6. The Hall–Kier alpha value is -1.06. The van der Waals surface area contributed by atoms with Gasteiger partial charge < -0.3 is 11.1 Å². The number of aryl methyl sites for hydroxylation is 1. The molecule has 0 saturated heterocycles. The number of benzene rings is 1. The van der Waals surface area contributed by atoms with Crippen molar-refractivity contribution in [2.75, 3.05) is 6.54 Å². The van der Waals surface area contributed by atoms with Crippen LogP contribution in [0.15, 0.2) is 30.3 Å². The van der Waals surface area contributed by atoms with Gasteiger partial charge in [-0.25, -0.2) is 0 Å². The Bertz CT molecular complexity index is 381. The second kappa shape index (κ2) is 8.18. The number of amides is 1. The smallest absolute Gasteiger partial charge is 0.220 e. The van der Waals surface area contributed by atoms with E-state index in [1.807, 2.05) is 37.3 Å². The van der Waals surface area contributed by atoms with Crippen LogP contribution in [0.25, 0.3) is 0 Å². The number of carbonyl (C=O) groups excluding carboxylic acids is 1. The largest absolute Gasteiger partial charge is 0.349 e. The summed E-state index contributed by atoms with van der Waals surface area (Å²) >= 11 is 0. The lowest BCUT2D eigenvalue weighted by molar-refractivity contribution is -0.123. The van der Waals surface area contributed by atoms with Gasteiger partial charge in [0.2, 0.25) is 5.91 Å². The highest BCUT2D eigenvalue weighted by molar-refractivity contribution is 5.85. The van der Waals surface area contributed by atoms with Gasteiger partial charge in [-0.05, 0) is 24.8 Å². The zero-order chi connectivity index (χ0) is 13.6. The molecule has 3 N–H and O–H groups in total. The molecule has 0 spiro atoms. The summed E-state index contributed by atoms with van der Waals surface area (Å²) in [5.41, 5.74) is 6.62. The van der Waals surface area contributed by atoms with E-state index in [2.05, 4.69) is 19.2 Å². The summed E-state index contributed by atoms with van der Waals surface area (Å²) in [6.45, 7) is 6.61. The van der Waals surface area contributed by atoms with Crippen LogP contribution in [-0.4, -0.2) is 18.0 Å². The molecule has 1 unspecified atom stereocenters. The van der Waals surface area contributed by atoms with Crippen LogP contribution in [0.1, 0.15) is 32.8 Å². The Labute approximate surface area is 122 Å². The minimum Gasteiger partial charge on any atom is -0.349 e. The van der Waals surface area contributed by atoms with Crippen molar-refractivity contribution in [3.63, 3.8) is 0 Å². The van der Waals surface area contributed by atoms with Gasteiger partial charge in [-0.2, -0.15) is 0 Å². The zero-order valence-corrected chi connectivity index (χ0v) is 12.8. The maximum Gasteiger partial charge on any atom is 0.220 e. The first-order valence-corrected chi connectivity index (χ1v) is 6.53. The number of carbonyl (C=O) groups is 1. The first kappa shape index (κ1) is 17.9. The highest BCUT2D eigenvalue weighted by Crippen LogP contribution is 2.15. The van der Waals surface area contributed by atoms with Gasteiger partial charge in [0.25, 0.3) is 0 Å². The van der Waals surface area contributed by atoms with Gasteiger partial charge in [0.15, 0.2) is 0 Å². The minimum absolute atomic E-state index is 0. The molecule has 4 heteroatoms. The zero-order valence-electron chi connectivity index (χ0n) is 12.0. The molecule has 0 radical (unpaired) electrons. The third-order valence-electron chi connectivity index (χ3n) is 3.61. The van der Waals surface area contributed by atoms with E-state index in [0.29, 0.717) is 18.9 Å². The molecule has 1 aromatic carbocycles. The van der Waals surface area contributed by atoms with Gasteiger partial charge in [0.1, 0.15) is 0 Å². The lowest BCUT2D eigenvalue weighted by Crippen LogP contribution is -2.55. The highest BCUT2D eigenvalue weighted by atomic mass is 35.5.